The number of carbonyl (C=O) groups is 2. The molecule has 2 heterocycles. The molecule has 0 aromatic heterocycles. The quantitative estimate of drug-likeness (QED) is 0.841. The molecule has 0 radical (unpaired) electrons. The highest BCUT2D eigenvalue weighted by atomic mass is 32.2. The molecule has 5 nitrogen and oxygen atoms in total. The van der Waals surface area contributed by atoms with Gasteiger partial charge in [-0.15, -0.1) is 11.8 Å². The molecule has 27 heavy (non-hydrogen) atoms. The number of amides is 2. The molecule has 2 aliphatic heterocycles. The highest BCUT2D eigenvalue weighted by Gasteiger charge is 2.35. The van der Waals surface area contributed by atoms with Crippen LogP contribution in [0.4, 0.5) is 5.69 Å². The summed E-state index contributed by atoms with van der Waals surface area (Å²) in [6, 6.07) is 8.59. The molecule has 148 valence electrons. The number of hydrogen-bond donors (Lipinski definition) is 1. The van der Waals surface area contributed by atoms with E-state index in [0.29, 0.717) is 30.6 Å². The molecule has 1 saturated heterocycles. The van der Waals surface area contributed by atoms with Gasteiger partial charge in [0.25, 0.3) is 0 Å². The summed E-state index contributed by atoms with van der Waals surface area (Å²) >= 11 is 1.66. The summed E-state index contributed by atoms with van der Waals surface area (Å²) in [6.45, 7) is 9.77. The summed E-state index contributed by atoms with van der Waals surface area (Å²) in [7, 11) is 0. The third kappa shape index (κ3) is 4.78. The Morgan fingerprint density at radius 2 is 2.00 bits per heavy atom. The number of carbonyl (C=O) groups excluding carboxylic acids is 2. The molecule has 0 bridgehead atoms. The van der Waals surface area contributed by atoms with Crippen molar-refractivity contribution in [1.29, 1.82) is 0 Å². The summed E-state index contributed by atoms with van der Waals surface area (Å²) in [5, 5.41) is 3.06. The SMILES string of the molecule is CC1Cc2ccccc2N1CCNC(=O)C1CSCN1C(=O)CC(C)(C)C. The minimum absolute atomic E-state index is 0.0256. The highest BCUT2D eigenvalue weighted by Crippen LogP contribution is 2.31. The van der Waals surface area contributed by atoms with Gasteiger partial charge in [0, 0.05) is 37.0 Å². The summed E-state index contributed by atoms with van der Waals surface area (Å²) in [6.07, 6.45) is 1.53. The van der Waals surface area contributed by atoms with Gasteiger partial charge in [-0.25, -0.2) is 0 Å². The number of hydrogen-bond acceptors (Lipinski definition) is 4. The number of thioether (sulfide) groups is 1. The molecule has 0 saturated carbocycles. The molecular formula is C21H31N3O2S. The maximum atomic E-state index is 12.7. The van der Waals surface area contributed by atoms with Crippen LogP contribution in [0.15, 0.2) is 24.3 Å². The lowest BCUT2D eigenvalue weighted by Crippen LogP contribution is -2.49. The zero-order valence-corrected chi connectivity index (χ0v) is 17.6. The molecule has 3 rings (SSSR count). The highest BCUT2D eigenvalue weighted by molar-refractivity contribution is 7.99. The normalized spacial score (nSPS) is 22.1. The Bertz CT molecular complexity index is 701. The Morgan fingerprint density at radius 1 is 1.26 bits per heavy atom. The third-order valence-electron chi connectivity index (χ3n) is 5.19. The molecule has 2 unspecified atom stereocenters. The number of fused-ring (bicyclic) bond motifs is 1. The molecule has 0 spiro atoms. The van der Waals surface area contributed by atoms with Gasteiger partial charge in [-0.3, -0.25) is 9.59 Å². The Morgan fingerprint density at radius 3 is 2.74 bits per heavy atom. The van der Waals surface area contributed by atoms with Gasteiger partial charge in [0.05, 0.1) is 5.88 Å². The van der Waals surface area contributed by atoms with Crippen molar-refractivity contribution in [3.8, 4) is 0 Å². The van der Waals surface area contributed by atoms with Crippen LogP contribution in [0.1, 0.15) is 39.7 Å². The van der Waals surface area contributed by atoms with Crippen molar-refractivity contribution in [2.75, 3.05) is 29.6 Å². The fourth-order valence-corrected chi connectivity index (χ4v) is 5.03. The van der Waals surface area contributed by atoms with Crippen LogP contribution in [0, 0.1) is 5.41 Å². The van der Waals surface area contributed by atoms with Crippen molar-refractivity contribution in [3.63, 3.8) is 0 Å². The van der Waals surface area contributed by atoms with Gasteiger partial charge < -0.3 is 15.1 Å². The summed E-state index contributed by atoms with van der Waals surface area (Å²) in [5.74, 6) is 1.35. The van der Waals surface area contributed by atoms with Gasteiger partial charge in [0.15, 0.2) is 0 Å². The average molecular weight is 390 g/mol. The van der Waals surface area contributed by atoms with Crippen LogP contribution in [0.25, 0.3) is 0 Å². The van der Waals surface area contributed by atoms with Gasteiger partial charge in [-0.2, -0.15) is 0 Å². The maximum absolute atomic E-state index is 12.7. The van der Waals surface area contributed by atoms with E-state index in [1.54, 1.807) is 16.7 Å². The van der Waals surface area contributed by atoms with E-state index in [1.807, 2.05) is 0 Å². The third-order valence-corrected chi connectivity index (χ3v) is 6.20. The van der Waals surface area contributed by atoms with Crippen molar-refractivity contribution in [1.82, 2.24) is 10.2 Å². The van der Waals surface area contributed by atoms with Crippen LogP contribution >= 0.6 is 11.8 Å². The van der Waals surface area contributed by atoms with Gasteiger partial charge in [-0.05, 0) is 30.4 Å². The van der Waals surface area contributed by atoms with E-state index in [1.165, 1.54) is 11.3 Å². The van der Waals surface area contributed by atoms with Crippen molar-refractivity contribution < 1.29 is 9.59 Å². The lowest BCUT2D eigenvalue weighted by Gasteiger charge is -2.28. The molecule has 2 amide bonds. The van der Waals surface area contributed by atoms with Gasteiger partial charge in [-0.1, -0.05) is 39.0 Å². The van der Waals surface area contributed by atoms with E-state index >= 15 is 0 Å². The Kier molecular flexibility index (Phi) is 6.04. The van der Waals surface area contributed by atoms with Gasteiger partial charge in [0.2, 0.25) is 11.8 Å². The first-order chi connectivity index (χ1) is 12.8. The lowest BCUT2D eigenvalue weighted by molar-refractivity contribution is -0.139. The standard InChI is InChI=1S/C21H31N3O2S/c1-15-11-16-7-5-6-8-17(16)23(15)10-9-22-20(26)18-13-27-14-24(18)19(25)12-21(2,3)4/h5-8,15,18H,9-14H2,1-4H3,(H,22,26). The number of nitrogens with zero attached hydrogens (tertiary/aromatic N) is 2. The molecule has 1 aromatic carbocycles. The maximum Gasteiger partial charge on any atom is 0.243 e. The smallest absolute Gasteiger partial charge is 0.243 e. The van der Waals surface area contributed by atoms with Crippen LogP contribution in [-0.2, 0) is 16.0 Å². The average Bonchev–Trinajstić information content (AvgIpc) is 3.18. The summed E-state index contributed by atoms with van der Waals surface area (Å²) in [4.78, 5) is 29.4. The number of para-hydroxylation sites is 1. The first-order valence-corrected chi connectivity index (χ1v) is 10.9. The Balaban J connectivity index is 1.53. The molecule has 1 fully saturated rings. The molecule has 2 aliphatic rings. The topological polar surface area (TPSA) is 52.7 Å². The van der Waals surface area contributed by atoms with Gasteiger partial charge >= 0.3 is 0 Å². The van der Waals surface area contributed by atoms with Crippen molar-refractivity contribution >= 4 is 29.3 Å². The molecule has 1 N–H and O–H groups in total. The predicted octanol–water partition coefficient (Wildman–Crippen LogP) is 2.89. The number of anilines is 1. The fraction of sp³-hybridized carbons (Fsp3) is 0.619. The van der Waals surface area contributed by atoms with E-state index in [4.69, 9.17) is 0 Å². The van der Waals surface area contributed by atoms with E-state index in [0.717, 1.165) is 13.0 Å². The summed E-state index contributed by atoms with van der Waals surface area (Å²) < 4.78 is 0. The molecule has 6 heteroatoms. The Hall–Kier alpha value is -1.69. The Labute approximate surface area is 166 Å². The minimum atomic E-state index is -0.340. The molecule has 0 aliphatic carbocycles. The predicted molar refractivity (Wildman–Crippen MR) is 112 cm³/mol. The first kappa shape index (κ1) is 20.1. The van der Waals surface area contributed by atoms with Crippen LogP contribution in [-0.4, -0.2) is 53.5 Å². The minimum Gasteiger partial charge on any atom is -0.367 e. The van der Waals surface area contributed by atoms with E-state index in [2.05, 4.69) is 62.2 Å². The van der Waals surface area contributed by atoms with Crippen LogP contribution in [0.2, 0.25) is 0 Å². The van der Waals surface area contributed by atoms with Crippen molar-refractivity contribution in [2.24, 2.45) is 5.41 Å². The zero-order valence-electron chi connectivity index (χ0n) is 16.8. The van der Waals surface area contributed by atoms with Crippen molar-refractivity contribution in [2.45, 2.75) is 52.6 Å². The van der Waals surface area contributed by atoms with E-state index in [-0.39, 0.29) is 23.3 Å². The number of nitrogens with one attached hydrogen (secondary N) is 1. The van der Waals surface area contributed by atoms with E-state index < -0.39 is 0 Å². The van der Waals surface area contributed by atoms with Gasteiger partial charge in [0.1, 0.15) is 6.04 Å². The molecular weight excluding hydrogens is 358 g/mol. The summed E-state index contributed by atoms with van der Waals surface area (Å²) in [5.41, 5.74) is 2.59. The van der Waals surface area contributed by atoms with Crippen molar-refractivity contribution in [3.05, 3.63) is 29.8 Å². The second-order valence-electron chi connectivity index (χ2n) is 8.78. The monoisotopic (exact) mass is 389 g/mol. The molecule has 1 aromatic rings. The first-order valence-electron chi connectivity index (χ1n) is 9.76. The largest absolute Gasteiger partial charge is 0.367 e. The second kappa shape index (κ2) is 8.13. The number of benzene rings is 1. The van der Waals surface area contributed by atoms with Crippen LogP contribution in [0.3, 0.4) is 0 Å². The lowest BCUT2D eigenvalue weighted by atomic mass is 9.91. The van der Waals surface area contributed by atoms with Crippen LogP contribution in [0.5, 0.6) is 0 Å². The second-order valence-corrected chi connectivity index (χ2v) is 9.78. The van der Waals surface area contributed by atoms with Crippen LogP contribution < -0.4 is 10.2 Å². The fourth-order valence-electron chi connectivity index (χ4n) is 3.85. The number of rotatable bonds is 5. The molecule has 2 atom stereocenters. The van der Waals surface area contributed by atoms with E-state index in [9.17, 15) is 9.59 Å². The zero-order chi connectivity index (χ0) is 19.6.